The second kappa shape index (κ2) is 7.60. The molecule has 1 amide bonds. The first kappa shape index (κ1) is 17.3. The van der Waals surface area contributed by atoms with Gasteiger partial charge in [0, 0.05) is 12.6 Å². The Labute approximate surface area is 149 Å². The van der Waals surface area contributed by atoms with Gasteiger partial charge in [-0.25, -0.2) is 0 Å². The first-order valence-corrected chi connectivity index (χ1v) is 8.05. The SMILES string of the molecule is Cc1cccc(Cn2cc(NC(=O)CCn3ccc([N+](=O)[O-])n3)cn2)c1. The molecular formula is C17H18N6O3. The van der Waals surface area contributed by atoms with E-state index in [9.17, 15) is 14.9 Å². The molecule has 9 heteroatoms. The van der Waals surface area contributed by atoms with Crippen LogP contribution in [0.3, 0.4) is 0 Å². The van der Waals surface area contributed by atoms with E-state index in [2.05, 4.69) is 21.6 Å². The van der Waals surface area contributed by atoms with Gasteiger partial charge in [-0.3, -0.25) is 9.48 Å². The molecule has 0 aliphatic heterocycles. The van der Waals surface area contributed by atoms with Crippen molar-refractivity contribution in [3.63, 3.8) is 0 Å². The highest BCUT2D eigenvalue weighted by Crippen LogP contribution is 2.10. The minimum absolute atomic E-state index is 0.155. The number of amides is 1. The van der Waals surface area contributed by atoms with Gasteiger partial charge >= 0.3 is 5.82 Å². The largest absolute Gasteiger partial charge is 0.389 e. The van der Waals surface area contributed by atoms with E-state index in [1.165, 1.54) is 22.5 Å². The van der Waals surface area contributed by atoms with Crippen LogP contribution in [0.4, 0.5) is 11.5 Å². The Hall–Kier alpha value is -3.49. The molecule has 0 atom stereocenters. The molecule has 2 aromatic heterocycles. The van der Waals surface area contributed by atoms with Crippen molar-refractivity contribution in [2.75, 3.05) is 5.32 Å². The number of hydrogen-bond donors (Lipinski definition) is 1. The van der Waals surface area contributed by atoms with Gasteiger partial charge in [0.1, 0.15) is 0 Å². The normalized spacial score (nSPS) is 10.7. The maximum absolute atomic E-state index is 12.0. The fourth-order valence-corrected chi connectivity index (χ4v) is 2.52. The van der Waals surface area contributed by atoms with Crippen LogP contribution < -0.4 is 5.32 Å². The van der Waals surface area contributed by atoms with Crippen molar-refractivity contribution < 1.29 is 9.72 Å². The molecule has 1 N–H and O–H groups in total. The van der Waals surface area contributed by atoms with E-state index in [1.807, 2.05) is 25.1 Å². The zero-order valence-corrected chi connectivity index (χ0v) is 14.2. The van der Waals surface area contributed by atoms with Crippen LogP contribution in [0, 0.1) is 17.0 Å². The van der Waals surface area contributed by atoms with Gasteiger partial charge in [0.15, 0.2) is 0 Å². The van der Waals surface area contributed by atoms with Crippen molar-refractivity contribution in [2.45, 2.75) is 26.4 Å². The van der Waals surface area contributed by atoms with Gasteiger partial charge in [0.2, 0.25) is 5.91 Å². The smallest absolute Gasteiger partial charge is 0.358 e. The Kier molecular flexibility index (Phi) is 5.07. The average molecular weight is 354 g/mol. The number of rotatable bonds is 7. The molecule has 3 aromatic rings. The van der Waals surface area contributed by atoms with Gasteiger partial charge < -0.3 is 15.4 Å². The summed E-state index contributed by atoms with van der Waals surface area (Å²) < 4.78 is 3.13. The second-order valence-electron chi connectivity index (χ2n) is 5.91. The third-order valence-corrected chi connectivity index (χ3v) is 3.73. The Balaban J connectivity index is 1.51. The molecular weight excluding hydrogens is 336 g/mol. The number of aromatic nitrogens is 4. The fraction of sp³-hybridized carbons (Fsp3) is 0.235. The molecule has 2 heterocycles. The topological polar surface area (TPSA) is 108 Å². The van der Waals surface area contributed by atoms with Crippen LogP contribution in [0.5, 0.6) is 0 Å². The summed E-state index contributed by atoms with van der Waals surface area (Å²) in [6, 6.07) is 9.44. The minimum Gasteiger partial charge on any atom is -0.358 e. The molecule has 0 fully saturated rings. The quantitative estimate of drug-likeness (QED) is 0.518. The molecule has 0 unspecified atom stereocenters. The highest BCUT2D eigenvalue weighted by atomic mass is 16.6. The molecule has 0 saturated heterocycles. The lowest BCUT2D eigenvalue weighted by molar-refractivity contribution is -0.389. The number of nitrogens with one attached hydrogen (secondary N) is 1. The number of nitro groups is 1. The van der Waals surface area contributed by atoms with Crippen LogP contribution >= 0.6 is 0 Å². The van der Waals surface area contributed by atoms with Crippen LogP contribution in [0.2, 0.25) is 0 Å². The number of nitrogens with zero attached hydrogens (tertiary/aromatic N) is 5. The van der Waals surface area contributed by atoms with Crippen LogP contribution in [-0.4, -0.2) is 30.4 Å². The Morgan fingerprint density at radius 2 is 2.15 bits per heavy atom. The molecule has 26 heavy (non-hydrogen) atoms. The third kappa shape index (κ3) is 4.53. The second-order valence-corrected chi connectivity index (χ2v) is 5.91. The lowest BCUT2D eigenvalue weighted by Crippen LogP contribution is -2.14. The molecule has 134 valence electrons. The first-order valence-electron chi connectivity index (χ1n) is 8.05. The fourth-order valence-electron chi connectivity index (χ4n) is 2.52. The van der Waals surface area contributed by atoms with E-state index in [1.54, 1.807) is 17.1 Å². The van der Waals surface area contributed by atoms with Gasteiger partial charge in [0.05, 0.1) is 42.3 Å². The van der Waals surface area contributed by atoms with Crippen LogP contribution in [-0.2, 0) is 17.9 Å². The van der Waals surface area contributed by atoms with Gasteiger partial charge in [-0.2, -0.15) is 9.78 Å². The van der Waals surface area contributed by atoms with E-state index in [0.29, 0.717) is 12.2 Å². The van der Waals surface area contributed by atoms with Crippen LogP contribution in [0.15, 0.2) is 48.9 Å². The monoisotopic (exact) mass is 354 g/mol. The van der Waals surface area contributed by atoms with E-state index >= 15 is 0 Å². The average Bonchev–Trinajstić information content (AvgIpc) is 3.23. The van der Waals surface area contributed by atoms with Gasteiger partial charge in [-0.15, -0.1) is 0 Å². The zero-order valence-electron chi connectivity index (χ0n) is 14.2. The van der Waals surface area contributed by atoms with Gasteiger partial charge in [0.25, 0.3) is 0 Å². The van der Waals surface area contributed by atoms with Crippen molar-refractivity contribution in [1.82, 2.24) is 19.6 Å². The summed E-state index contributed by atoms with van der Waals surface area (Å²) in [5.41, 5.74) is 2.92. The van der Waals surface area contributed by atoms with E-state index in [4.69, 9.17) is 0 Å². The number of hydrogen-bond acceptors (Lipinski definition) is 5. The van der Waals surface area contributed by atoms with Crippen molar-refractivity contribution >= 4 is 17.4 Å². The zero-order chi connectivity index (χ0) is 18.5. The maximum atomic E-state index is 12.0. The van der Waals surface area contributed by atoms with Crippen LogP contribution in [0.1, 0.15) is 17.5 Å². The highest BCUT2D eigenvalue weighted by Gasteiger charge is 2.12. The molecule has 0 bridgehead atoms. The summed E-state index contributed by atoms with van der Waals surface area (Å²) in [5.74, 6) is -0.443. The molecule has 0 spiro atoms. The van der Waals surface area contributed by atoms with Crippen molar-refractivity contribution in [2.24, 2.45) is 0 Å². The predicted molar refractivity (Wildman–Crippen MR) is 94.6 cm³/mol. The molecule has 1 aromatic carbocycles. The standard InChI is InChI=1S/C17H18N6O3/c1-13-3-2-4-14(9-13)11-22-12-15(10-18-22)19-17(24)6-8-21-7-5-16(20-21)23(25)26/h2-5,7,9-10,12H,6,8,11H2,1H3,(H,19,24). The minimum atomic E-state index is -0.570. The summed E-state index contributed by atoms with van der Waals surface area (Å²) in [5, 5.41) is 21.4. The van der Waals surface area contributed by atoms with Crippen molar-refractivity contribution in [3.8, 4) is 0 Å². The molecule has 0 aliphatic carbocycles. The molecule has 0 aliphatic rings. The lowest BCUT2D eigenvalue weighted by Gasteiger charge is -2.03. The summed E-state index contributed by atoms with van der Waals surface area (Å²) in [7, 11) is 0. The Morgan fingerprint density at radius 1 is 1.31 bits per heavy atom. The summed E-state index contributed by atoms with van der Waals surface area (Å²) >= 11 is 0. The molecule has 3 rings (SSSR count). The maximum Gasteiger partial charge on any atom is 0.389 e. The van der Waals surface area contributed by atoms with Crippen molar-refractivity contribution in [3.05, 3.63) is 70.2 Å². The number of anilines is 1. The summed E-state index contributed by atoms with van der Waals surface area (Å²) in [6.07, 6.45) is 4.98. The lowest BCUT2D eigenvalue weighted by atomic mass is 10.1. The molecule has 9 nitrogen and oxygen atoms in total. The van der Waals surface area contributed by atoms with E-state index in [-0.39, 0.29) is 24.7 Å². The van der Waals surface area contributed by atoms with Gasteiger partial charge in [-0.1, -0.05) is 29.8 Å². The highest BCUT2D eigenvalue weighted by molar-refractivity contribution is 5.90. The number of benzene rings is 1. The predicted octanol–water partition coefficient (Wildman–Crippen LogP) is 2.37. The molecule has 0 saturated carbocycles. The molecule has 0 radical (unpaired) electrons. The first-order chi connectivity index (χ1) is 12.5. The summed E-state index contributed by atoms with van der Waals surface area (Å²) in [6.45, 7) is 2.91. The van der Waals surface area contributed by atoms with E-state index < -0.39 is 4.92 Å². The number of carbonyl (C=O) groups is 1. The Morgan fingerprint density at radius 3 is 2.88 bits per heavy atom. The number of carbonyl (C=O) groups excluding carboxylic acids is 1. The van der Waals surface area contributed by atoms with E-state index in [0.717, 1.165) is 5.56 Å². The number of aryl methyl sites for hydroxylation is 2. The summed E-state index contributed by atoms with van der Waals surface area (Å²) in [4.78, 5) is 22.0. The van der Waals surface area contributed by atoms with Gasteiger partial charge in [-0.05, 0) is 17.4 Å². The van der Waals surface area contributed by atoms with Crippen molar-refractivity contribution in [1.29, 1.82) is 0 Å². The third-order valence-electron chi connectivity index (χ3n) is 3.73. The van der Waals surface area contributed by atoms with Crippen LogP contribution in [0.25, 0.3) is 0 Å². The Bertz CT molecular complexity index is 930.